The minimum Gasteiger partial charge on any atom is -0.315 e. The molecule has 0 bridgehead atoms. The Labute approximate surface area is 134 Å². The van der Waals surface area contributed by atoms with Gasteiger partial charge >= 0.3 is 0 Å². The van der Waals surface area contributed by atoms with Crippen molar-refractivity contribution >= 4 is 32.7 Å². The Hall–Kier alpha value is -0.730. The van der Waals surface area contributed by atoms with Crippen LogP contribution < -0.4 is 5.32 Å². The Morgan fingerprint density at radius 2 is 2.10 bits per heavy atom. The largest absolute Gasteiger partial charge is 0.315 e. The molecule has 0 spiro atoms. The van der Waals surface area contributed by atoms with Gasteiger partial charge < -0.3 is 5.32 Å². The van der Waals surface area contributed by atoms with Gasteiger partial charge in [-0.2, -0.15) is 4.31 Å². The topological polar surface area (TPSA) is 49.4 Å². The first-order valence-corrected chi connectivity index (χ1v) is 9.89. The van der Waals surface area contributed by atoms with E-state index in [9.17, 15) is 8.42 Å². The van der Waals surface area contributed by atoms with Gasteiger partial charge in [-0.1, -0.05) is 13.0 Å². The summed E-state index contributed by atoms with van der Waals surface area (Å²) in [5.41, 5.74) is 0. The zero-order valence-corrected chi connectivity index (χ0v) is 14.9. The molecule has 2 aromatic heterocycles. The van der Waals surface area contributed by atoms with E-state index in [0.717, 1.165) is 14.6 Å². The molecule has 0 unspecified atom stereocenters. The van der Waals surface area contributed by atoms with E-state index >= 15 is 0 Å². The van der Waals surface area contributed by atoms with Crippen LogP contribution in [0.5, 0.6) is 0 Å². The number of hydrogen-bond donors (Lipinski definition) is 1. The molecule has 0 aliphatic heterocycles. The molecular weight excluding hydrogens is 324 g/mol. The number of nitrogens with one attached hydrogen (secondary N) is 1. The predicted molar refractivity (Wildman–Crippen MR) is 89.4 cm³/mol. The van der Waals surface area contributed by atoms with Crippen LogP contribution in [-0.2, 0) is 23.1 Å². The first kappa shape index (κ1) is 16.6. The second kappa shape index (κ2) is 7.02. The molecule has 1 N–H and O–H groups in total. The summed E-state index contributed by atoms with van der Waals surface area (Å²) in [4.78, 5) is 3.39. The molecule has 0 aliphatic rings. The van der Waals surface area contributed by atoms with Crippen molar-refractivity contribution in [1.82, 2.24) is 9.62 Å². The molecule has 2 heterocycles. The van der Waals surface area contributed by atoms with Crippen molar-refractivity contribution in [2.45, 2.75) is 31.8 Å². The van der Waals surface area contributed by atoms with Gasteiger partial charge in [0.25, 0.3) is 0 Å². The monoisotopic (exact) mass is 344 g/mol. The molecule has 0 atom stereocenters. The van der Waals surface area contributed by atoms with Crippen LogP contribution >= 0.6 is 22.7 Å². The summed E-state index contributed by atoms with van der Waals surface area (Å²) in [7, 11) is -1.57. The van der Waals surface area contributed by atoms with Gasteiger partial charge in [0.1, 0.15) is 0 Å². The molecule has 7 heteroatoms. The van der Waals surface area contributed by atoms with Gasteiger partial charge in [0.2, 0.25) is 10.0 Å². The maximum absolute atomic E-state index is 12.8. The lowest BCUT2D eigenvalue weighted by Gasteiger charge is -2.19. The lowest BCUT2D eigenvalue weighted by atomic mass is 10.4. The zero-order chi connectivity index (χ0) is 15.5. The van der Waals surface area contributed by atoms with E-state index in [1.165, 1.54) is 15.6 Å². The Bertz CT molecular complexity index is 675. The standard InChI is InChI=1S/C14H20N2O2S3/c1-4-16(10-12-6-5-7-19-12)21(17,18)14-8-13(9-15-3)20-11(14)2/h5-8,15H,4,9-10H2,1-3H3. The first-order chi connectivity index (χ1) is 9.98. The van der Waals surface area contributed by atoms with Crippen molar-refractivity contribution in [1.29, 1.82) is 0 Å². The third kappa shape index (κ3) is 3.73. The lowest BCUT2D eigenvalue weighted by Crippen LogP contribution is -2.30. The molecule has 0 saturated heterocycles. The highest BCUT2D eigenvalue weighted by Gasteiger charge is 2.27. The minimum atomic E-state index is -3.43. The van der Waals surface area contributed by atoms with Crippen molar-refractivity contribution in [2.24, 2.45) is 0 Å². The molecule has 2 aromatic rings. The number of aryl methyl sites for hydroxylation is 1. The molecule has 4 nitrogen and oxygen atoms in total. The SMILES string of the molecule is CCN(Cc1cccs1)S(=O)(=O)c1cc(CNC)sc1C. The van der Waals surface area contributed by atoms with E-state index in [0.29, 0.717) is 24.5 Å². The molecule has 116 valence electrons. The van der Waals surface area contributed by atoms with E-state index in [4.69, 9.17) is 0 Å². The number of rotatable bonds is 7. The Morgan fingerprint density at radius 3 is 2.67 bits per heavy atom. The van der Waals surface area contributed by atoms with E-state index in [-0.39, 0.29) is 0 Å². The van der Waals surface area contributed by atoms with Crippen LogP contribution in [0.2, 0.25) is 0 Å². The number of hydrogen-bond acceptors (Lipinski definition) is 5. The van der Waals surface area contributed by atoms with Crippen LogP contribution in [0.1, 0.15) is 21.6 Å². The summed E-state index contributed by atoms with van der Waals surface area (Å²) >= 11 is 3.12. The summed E-state index contributed by atoms with van der Waals surface area (Å²) in [6.45, 7) is 5.35. The molecule has 21 heavy (non-hydrogen) atoms. The van der Waals surface area contributed by atoms with E-state index in [1.807, 2.05) is 38.4 Å². The lowest BCUT2D eigenvalue weighted by molar-refractivity contribution is 0.426. The third-order valence-corrected chi connectivity index (χ3v) is 7.24. The van der Waals surface area contributed by atoms with Crippen molar-refractivity contribution in [2.75, 3.05) is 13.6 Å². The smallest absolute Gasteiger partial charge is 0.244 e. The van der Waals surface area contributed by atoms with Gasteiger partial charge in [0, 0.05) is 34.3 Å². The van der Waals surface area contributed by atoms with E-state index in [2.05, 4.69) is 5.32 Å². The predicted octanol–water partition coefficient (Wildman–Crippen LogP) is 3.05. The van der Waals surface area contributed by atoms with E-state index < -0.39 is 10.0 Å². The van der Waals surface area contributed by atoms with Crippen LogP contribution in [0.15, 0.2) is 28.5 Å². The highest BCUT2D eigenvalue weighted by Crippen LogP contribution is 2.29. The minimum absolute atomic E-state index is 0.438. The van der Waals surface area contributed by atoms with Gasteiger partial charge in [0.15, 0.2) is 0 Å². The number of nitrogens with zero attached hydrogens (tertiary/aromatic N) is 1. The van der Waals surface area contributed by atoms with E-state index in [1.54, 1.807) is 17.4 Å². The van der Waals surface area contributed by atoms with Crippen molar-refractivity contribution in [3.63, 3.8) is 0 Å². The molecule has 0 aliphatic carbocycles. The third-order valence-electron chi connectivity index (χ3n) is 3.16. The van der Waals surface area contributed by atoms with Crippen LogP contribution in [0.25, 0.3) is 0 Å². The zero-order valence-electron chi connectivity index (χ0n) is 12.4. The van der Waals surface area contributed by atoms with Gasteiger partial charge in [0.05, 0.1) is 4.90 Å². The summed E-state index contributed by atoms with van der Waals surface area (Å²) in [5.74, 6) is 0. The number of sulfonamides is 1. The molecule has 0 fully saturated rings. The summed E-state index contributed by atoms with van der Waals surface area (Å²) < 4.78 is 27.2. The fraction of sp³-hybridized carbons (Fsp3) is 0.429. The quantitative estimate of drug-likeness (QED) is 0.840. The normalized spacial score (nSPS) is 12.2. The molecular formula is C14H20N2O2S3. The highest BCUT2D eigenvalue weighted by molar-refractivity contribution is 7.89. The Morgan fingerprint density at radius 1 is 1.33 bits per heavy atom. The second-order valence-corrected chi connectivity index (χ2v) is 8.95. The van der Waals surface area contributed by atoms with Gasteiger partial charge in [-0.05, 0) is 31.5 Å². The highest BCUT2D eigenvalue weighted by atomic mass is 32.2. The van der Waals surface area contributed by atoms with Crippen LogP contribution in [-0.4, -0.2) is 26.3 Å². The number of thiophene rings is 2. The molecule has 2 rings (SSSR count). The van der Waals surface area contributed by atoms with Crippen LogP contribution in [0, 0.1) is 6.92 Å². The van der Waals surface area contributed by atoms with Crippen molar-refractivity contribution < 1.29 is 8.42 Å². The summed E-state index contributed by atoms with van der Waals surface area (Å²) in [6.07, 6.45) is 0. The Balaban J connectivity index is 2.30. The van der Waals surface area contributed by atoms with Crippen LogP contribution in [0.4, 0.5) is 0 Å². The maximum atomic E-state index is 12.8. The van der Waals surface area contributed by atoms with Gasteiger partial charge in [-0.25, -0.2) is 8.42 Å². The molecule has 0 radical (unpaired) electrons. The van der Waals surface area contributed by atoms with Crippen molar-refractivity contribution in [3.8, 4) is 0 Å². The average molecular weight is 345 g/mol. The second-order valence-electron chi connectivity index (χ2n) is 4.67. The Kier molecular flexibility index (Phi) is 5.56. The molecule has 0 saturated carbocycles. The summed E-state index contributed by atoms with van der Waals surface area (Å²) in [6, 6.07) is 5.71. The summed E-state index contributed by atoms with van der Waals surface area (Å²) in [5, 5.41) is 5.03. The average Bonchev–Trinajstić information content (AvgIpc) is 3.06. The first-order valence-electron chi connectivity index (χ1n) is 6.75. The van der Waals surface area contributed by atoms with Crippen LogP contribution in [0.3, 0.4) is 0 Å². The van der Waals surface area contributed by atoms with Crippen molar-refractivity contribution in [3.05, 3.63) is 38.2 Å². The maximum Gasteiger partial charge on any atom is 0.244 e. The van der Waals surface area contributed by atoms with Gasteiger partial charge in [-0.3, -0.25) is 0 Å². The fourth-order valence-corrected chi connectivity index (χ4v) is 5.97. The molecule has 0 amide bonds. The molecule has 0 aromatic carbocycles. The van der Waals surface area contributed by atoms with Gasteiger partial charge in [-0.15, -0.1) is 22.7 Å². The fourth-order valence-electron chi connectivity index (χ4n) is 2.12.